The van der Waals surface area contributed by atoms with Crippen LogP contribution in [0, 0.1) is 12.8 Å². The number of fused-ring (bicyclic) bond motifs is 1. The van der Waals surface area contributed by atoms with Crippen LogP contribution in [0.25, 0.3) is 0 Å². The molecular weight excluding hydrogens is 466 g/mol. The van der Waals surface area contributed by atoms with Gasteiger partial charge in [0.25, 0.3) is 5.91 Å². The van der Waals surface area contributed by atoms with E-state index in [-0.39, 0.29) is 29.3 Å². The van der Waals surface area contributed by atoms with Gasteiger partial charge in [-0.05, 0) is 45.2 Å². The summed E-state index contributed by atoms with van der Waals surface area (Å²) in [6, 6.07) is 4.12. The van der Waals surface area contributed by atoms with Gasteiger partial charge in [0.15, 0.2) is 6.61 Å². The highest BCUT2D eigenvalue weighted by atomic mass is 32.1. The third-order valence-corrected chi connectivity index (χ3v) is 7.68. The lowest BCUT2D eigenvalue weighted by atomic mass is 9.80. The summed E-state index contributed by atoms with van der Waals surface area (Å²) in [7, 11) is 0. The number of carboxylic acid groups (broad SMARTS) is 1. The molecular formula is C26H29N3O5S. The van der Waals surface area contributed by atoms with Gasteiger partial charge in [0.2, 0.25) is 11.7 Å². The van der Waals surface area contributed by atoms with Crippen molar-refractivity contribution < 1.29 is 24.2 Å². The van der Waals surface area contributed by atoms with Crippen LogP contribution in [0.2, 0.25) is 0 Å². The second-order valence-electron chi connectivity index (χ2n) is 8.93. The molecule has 3 atom stereocenters. The van der Waals surface area contributed by atoms with E-state index in [1.807, 2.05) is 18.0 Å². The number of carboxylic acids is 1. The lowest BCUT2D eigenvalue weighted by molar-refractivity contribution is -0.139. The molecule has 1 aliphatic carbocycles. The lowest BCUT2D eigenvalue weighted by Crippen LogP contribution is -2.35. The third-order valence-electron chi connectivity index (χ3n) is 6.57. The molecule has 0 fully saturated rings. The number of aliphatic carboxylic acids is 1. The first-order valence-electron chi connectivity index (χ1n) is 11.6. The van der Waals surface area contributed by atoms with E-state index >= 15 is 0 Å². The number of Topliss-reactive ketones (excluding diaryl/α,β-unsaturated/α-hetero) is 1. The van der Waals surface area contributed by atoms with Crippen LogP contribution < -0.4 is 5.73 Å². The maximum absolute atomic E-state index is 13.0. The smallest absolute Gasteiger partial charge is 0.341 e. The minimum absolute atomic E-state index is 0.0286. The van der Waals surface area contributed by atoms with Crippen molar-refractivity contribution in [2.45, 2.75) is 52.0 Å². The van der Waals surface area contributed by atoms with Crippen molar-refractivity contribution >= 4 is 34.9 Å². The average molecular weight is 496 g/mol. The van der Waals surface area contributed by atoms with Crippen molar-refractivity contribution in [2.24, 2.45) is 16.6 Å². The number of hydrogen-bond acceptors (Lipinski definition) is 7. The number of hydrogen-bond donors (Lipinski definition) is 2. The summed E-state index contributed by atoms with van der Waals surface area (Å²) in [5, 5.41) is 9.14. The number of aryl methyl sites for hydroxylation is 1. The van der Waals surface area contributed by atoms with Crippen LogP contribution in [0.3, 0.4) is 0 Å². The first kappa shape index (κ1) is 24.7. The molecule has 0 radical (unpaired) electrons. The average Bonchev–Trinajstić information content (AvgIpc) is 3.38. The second-order valence-corrected chi connectivity index (χ2v) is 10.2. The Kier molecular flexibility index (Phi) is 7.07. The van der Waals surface area contributed by atoms with Gasteiger partial charge >= 0.3 is 5.97 Å². The molecule has 0 aromatic carbocycles. The van der Waals surface area contributed by atoms with Gasteiger partial charge in [0.1, 0.15) is 5.70 Å². The molecule has 0 saturated heterocycles. The van der Waals surface area contributed by atoms with Crippen molar-refractivity contribution in [3.63, 3.8) is 0 Å². The molecule has 0 saturated carbocycles. The number of carbonyl (C=O) groups is 3. The fourth-order valence-electron chi connectivity index (χ4n) is 5.12. The Morgan fingerprint density at radius 3 is 2.69 bits per heavy atom. The minimum Gasteiger partial charge on any atom is -0.479 e. The van der Waals surface area contributed by atoms with Gasteiger partial charge in [-0.2, -0.15) is 0 Å². The Morgan fingerprint density at radius 1 is 1.29 bits per heavy atom. The van der Waals surface area contributed by atoms with Crippen molar-refractivity contribution in [3.05, 3.63) is 68.9 Å². The molecule has 3 unspecified atom stereocenters. The van der Waals surface area contributed by atoms with Crippen LogP contribution in [-0.4, -0.2) is 46.2 Å². The largest absolute Gasteiger partial charge is 0.479 e. The number of ketones is 1. The Bertz CT molecular complexity index is 1220. The molecule has 1 aromatic rings. The molecule has 184 valence electrons. The van der Waals surface area contributed by atoms with Gasteiger partial charge in [0, 0.05) is 39.4 Å². The standard InChI is InChI=1S/C26H29N3O5S/c1-4-17-19(11-16-7-5-6-8-18(16)20-10-9-15(3)35-20)29-12-14(2)28-26(34-13-21(30)31)23(29)22(17)24(32)25(27)33/h5-7,9-10,12,17-19H,4,8,11,13H2,1-3H3,(H2,27,33)(H,30,31). The molecule has 3 N–H and O–H groups in total. The number of primary amides is 1. The zero-order valence-electron chi connectivity index (χ0n) is 20.0. The fourth-order valence-corrected chi connectivity index (χ4v) is 6.15. The number of nitrogens with zero attached hydrogens (tertiary/aromatic N) is 2. The number of thiophene rings is 1. The molecule has 9 heteroatoms. The minimum atomic E-state index is -1.16. The van der Waals surface area contributed by atoms with Crippen LogP contribution in [0.1, 0.15) is 48.8 Å². The lowest BCUT2D eigenvalue weighted by Gasteiger charge is -2.34. The monoisotopic (exact) mass is 495 g/mol. The first-order valence-corrected chi connectivity index (χ1v) is 12.4. The van der Waals surface area contributed by atoms with Gasteiger partial charge in [-0.15, -0.1) is 11.3 Å². The molecule has 1 aromatic heterocycles. The van der Waals surface area contributed by atoms with Crippen molar-refractivity contribution in [1.82, 2.24) is 4.90 Å². The van der Waals surface area contributed by atoms with E-state index in [4.69, 9.17) is 15.6 Å². The Morgan fingerprint density at radius 2 is 2.06 bits per heavy atom. The quantitative estimate of drug-likeness (QED) is 0.529. The van der Waals surface area contributed by atoms with E-state index in [0.29, 0.717) is 24.2 Å². The predicted molar refractivity (Wildman–Crippen MR) is 134 cm³/mol. The SMILES string of the molecule is CCC1C(C(=O)C(N)=O)=C2C(OCC(=O)O)=NC(C)=CN2C1CC1=CC=CCC1c1ccc(C)s1. The van der Waals surface area contributed by atoms with Gasteiger partial charge in [-0.1, -0.05) is 30.7 Å². The first-order chi connectivity index (χ1) is 16.7. The maximum Gasteiger partial charge on any atom is 0.341 e. The molecule has 3 heterocycles. The van der Waals surface area contributed by atoms with Gasteiger partial charge in [-0.25, -0.2) is 9.79 Å². The molecule has 0 spiro atoms. The van der Waals surface area contributed by atoms with E-state index in [9.17, 15) is 14.4 Å². The summed E-state index contributed by atoms with van der Waals surface area (Å²) in [6.45, 7) is 5.23. The van der Waals surface area contributed by atoms with E-state index < -0.39 is 24.3 Å². The highest BCUT2D eigenvalue weighted by Crippen LogP contribution is 2.46. The van der Waals surface area contributed by atoms with Gasteiger partial charge in [0.05, 0.1) is 5.70 Å². The van der Waals surface area contributed by atoms with E-state index in [1.165, 1.54) is 15.3 Å². The number of carbonyl (C=O) groups excluding carboxylic acids is 2. The molecule has 3 aliphatic rings. The van der Waals surface area contributed by atoms with Crippen molar-refractivity contribution in [2.75, 3.05) is 6.61 Å². The van der Waals surface area contributed by atoms with Gasteiger partial charge < -0.3 is 20.5 Å². The summed E-state index contributed by atoms with van der Waals surface area (Å²) >= 11 is 1.78. The maximum atomic E-state index is 13.0. The van der Waals surface area contributed by atoms with Crippen LogP contribution in [0.4, 0.5) is 0 Å². The van der Waals surface area contributed by atoms with Crippen LogP contribution >= 0.6 is 11.3 Å². The highest BCUT2D eigenvalue weighted by molar-refractivity contribution is 7.12. The van der Waals surface area contributed by atoms with Crippen LogP contribution in [-0.2, 0) is 19.1 Å². The zero-order chi connectivity index (χ0) is 25.3. The zero-order valence-corrected chi connectivity index (χ0v) is 20.8. The molecule has 1 amide bonds. The summed E-state index contributed by atoms with van der Waals surface area (Å²) in [5.41, 5.74) is 7.87. The van der Waals surface area contributed by atoms with Crippen LogP contribution in [0.5, 0.6) is 0 Å². The number of amides is 1. The van der Waals surface area contributed by atoms with Crippen molar-refractivity contribution in [1.29, 1.82) is 0 Å². The molecule has 4 rings (SSSR count). The summed E-state index contributed by atoms with van der Waals surface area (Å²) < 4.78 is 5.49. The van der Waals surface area contributed by atoms with Gasteiger partial charge in [-0.3, -0.25) is 9.59 Å². The normalized spacial score (nSPS) is 23.5. The summed E-state index contributed by atoms with van der Waals surface area (Å²) in [4.78, 5) is 45.1. The number of rotatable bonds is 8. The van der Waals surface area contributed by atoms with E-state index in [1.54, 1.807) is 18.3 Å². The predicted octanol–water partition coefficient (Wildman–Crippen LogP) is 3.81. The van der Waals surface area contributed by atoms with E-state index in [0.717, 1.165) is 6.42 Å². The third kappa shape index (κ3) is 4.86. The van der Waals surface area contributed by atoms with Crippen LogP contribution in [0.15, 0.2) is 64.1 Å². The second kappa shape index (κ2) is 10.0. The molecule has 0 bridgehead atoms. The Labute approximate surface area is 208 Å². The summed E-state index contributed by atoms with van der Waals surface area (Å²) in [5.74, 6) is -3.04. The molecule has 8 nitrogen and oxygen atoms in total. The Hall–Kier alpha value is -3.46. The number of ether oxygens (including phenoxy) is 1. The van der Waals surface area contributed by atoms with E-state index in [2.05, 4.69) is 42.3 Å². The summed E-state index contributed by atoms with van der Waals surface area (Å²) in [6.07, 6.45) is 10.3. The van der Waals surface area contributed by atoms with Crippen molar-refractivity contribution in [3.8, 4) is 0 Å². The fraction of sp³-hybridized carbons (Fsp3) is 0.385. The topological polar surface area (TPSA) is 122 Å². The highest BCUT2D eigenvalue weighted by Gasteiger charge is 2.47. The number of nitrogens with two attached hydrogens (primary N) is 1. The number of aliphatic imine (C=N–C) groups is 1. The molecule has 2 aliphatic heterocycles. The number of allylic oxidation sites excluding steroid dienone is 4. The molecule has 35 heavy (non-hydrogen) atoms. The Balaban J connectivity index is 1.75.